The fourth-order valence-corrected chi connectivity index (χ4v) is 2.91. The van der Waals surface area contributed by atoms with Crippen molar-refractivity contribution in [2.75, 3.05) is 13.2 Å². The van der Waals surface area contributed by atoms with Crippen molar-refractivity contribution in [1.29, 1.82) is 0 Å². The molecule has 1 unspecified atom stereocenters. The monoisotopic (exact) mass is 203 g/mol. The first kappa shape index (κ1) is 9.37. The third-order valence-corrected chi connectivity index (χ3v) is 3.83. The second-order valence-corrected chi connectivity index (χ2v) is 4.82. The van der Waals surface area contributed by atoms with E-state index in [1.165, 1.54) is 18.5 Å². The van der Waals surface area contributed by atoms with Gasteiger partial charge in [-0.25, -0.2) is 0 Å². The van der Waals surface area contributed by atoms with Crippen LogP contribution in [0.1, 0.15) is 12.0 Å². The summed E-state index contributed by atoms with van der Waals surface area (Å²) < 4.78 is 0. The van der Waals surface area contributed by atoms with Crippen molar-refractivity contribution >= 4 is 0 Å². The van der Waals surface area contributed by atoms with E-state index in [4.69, 9.17) is 0 Å². The highest BCUT2D eigenvalue weighted by atomic mass is 16.3. The Morgan fingerprint density at radius 2 is 2.07 bits per heavy atom. The van der Waals surface area contributed by atoms with Crippen LogP contribution in [0.2, 0.25) is 0 Å². The van der Waals surface area contributed by atoms with E-state index in [-0.39, 0.29) is 0 Å². The van der Waals surface area contributed by atoms with E-state index < -0.39 is 0 Å². The first-order chi connectivity index (χ1) is 7.38. The molecule has 1 heterocycles. The summed E-state index contributed by atoms with van der Waals surface area (Å²) in [6, 6.07) is 11.0. The lowest BCUT2D eigenvalue weighted by molar-refractivity contribution is 0.131. The minimum absolute atomic E-state index is 0.327. The molecule has 1 aromatic carbocycles. The number of hydrogen-bond acceptors (Lipinski definition) is 2. The molecule has 80 valence electrons. The third kappa shape index (κ3) is 1.68. The Labute approximate surface area is 90.5 Å². The van der Waals surface area contributed by atoms with Crippen molar-refractivity contribution in [1.82, 2.24) is 4.90 Å². The Morgan fingerprint density at radius 3 is 2.80 bits per heavy atom. The van der Waals surface area contributed by atoms with Crippen LogP contribution >= 0.6 is 0 Å². The van der Waals surface area contributed by atoms with Gasteiger partial charge in [0.1, 0.15) is 0 Å². The number of aliphatic hydroxyl groups excluding tert-OH is 1. The average molecular weight is 203 g/mol. The summed E-state index contributed by atoms with van der Waals surface area (Å²) >= 11 is 0. The van der Waals surface area contributed by atoms with E-state index in [2.05, 4.69) is 35.2 Å². The number of aliphatic hydroxyl groups is 1. The molecule has 0 radical (unpaired) electrons. The Hall–Kier alpha value is -0.860. The van der Waals surface area contributed by atoms with Crippen LogP contribution < -0.4 is 0 Å². The third-order valence-electron chi connectivity index (χ3n) is 3.83. The van der Waals surface area contributed by atoms with Crippen molar-refractivity contribution in [2.45, 2.75) is 19.0 Å². The second-order valence-electron chi connectivity index (χ2n) is 4.82. The molecule has 0 aromatic heterocycles. The predicted molar refractivity (Wildman–Crippen MR) is 59.3 cm³/mol. The van der Waals surface area contributed by atoms with Crippen LogP contribution in [-0.2, 0) is 6.54 Å². The largest absolute Gasteiger partial charge is 0.395 e. The van der Waals surface area contributed by atoms with Crippen molar-refractivity contribution in [3.8, 4) is 0 Å². The van der Waals surface area contributed by atoms with Gasteiger partial charge in [0.2, 0.25) is 0 Å². The van der Waals surface area contributed by atoms with Gasteiger partial charge in [0.15, 0.2) is 0 Å². The maximum Gasteiger partial charge on any atom is 0.0589 e. The number of rotatable bonds is 3. The topological polar surface area (TPSA) is 23.5 Å². The molecule has 0 bridgehead atoms. The average Bonchev–Trinajstić information content (AvgIpc) is 2.93. The standard InChI is InChI=1S/C13H17NO/c15-9-13-12-6-11(12)8-14(13)7-10-4-2-1-3-5-10/h1-5,11-13,15H,6-9H2/t11-,12-,13?/m0/s1. The molecule has 0 amide bonds. The van der Waals surface area contributed by atoms with Crippen molar-refractivity contribution in [3.05, 3.63) is 35.9 Å². The summed E-state index contributed by atoms with van der Waals surface area (Å²) in [5.41, 5.74) is 1.36. The molecule has 1 saturated carbocycles. The molecular weight excluding hydrogens is 186 g/mol. The van der Waals surface area contributed by atoms with Gasteiger partial charge in [-0.2, -0.15) is 0 Å². The molecule has 1 aliphatic carbocycles. The first-order valence-corrected chi connectivity index (χ1v) is 5.77. The lowest BCUT2D eigenvalue weighted by atomic mass is 10.1. The van der Waals surface area contributed by atoms with Crippen LogP contribution in [-0.4, -0.2) is 29.2 Å². The van der Waals surface area contributed by atoms with Gasteiger partial charge < -0.3 is 5.11 Å². The molecule has 2 nitrogen and oxygen atoms in total. The summed E-state index contributed by atoms with van der Waals surface area (Å²) in [4.78, 5) is 2.44. The van der Waals surface area contributed by atoms with Crippen LogP contribution in [0.15, 0.2) is 30.3 Å². The highest BCUT2D eigenvalue weighted by Gasteiger charge is 2.51. The lowest BCUT2D eigenvalue weighted by Crippen LogP contribution is -2.35. The summed E-state index contributed by atoms with van der Waals surface area (Å²) in [5, 5.41) is 9.37. The van der Waals surface area contributed by atoms with Gasteiger partial charge in [-0.15, -0.1) is 0 Å². The van der Waals surface area contributed by atoms with Gasteiger partial charge in [0.05, 0.1) is 6.61 Å². The second kappa shape index (κ2) is 3.62. The van der Waals surface area contributed by atoms with Crippen LogP contribution in [0.4, 0.5) is 0 Å². The summed E-state index contributed by atoms with van der Waals surface area (Å²) in [5.74, 6) is 1.67. The number of piperidine rings is 1. The molecule has 3 rings (SSSR count). The molecule has 0 spiro atoms. The van der Waals surface area contributed by atoms with Gasteiger partial charge in [-0.3, -0.25) is 4.90 Å². The summed E-state index contributed by atoms with van der Waals surface area (Å²) in [7, 11) is 0. The van der Waals surface area contributed by atoms with Crippen molar-refractivity contribution < 1.29 is 5.11 Å². The quantitative estimate of drug-likeness (QED) is 0.804. The molecule has 2 heteroatoms. The first-order valence-electron chi connectivity index (χ1n) is 5.77. The lowest BCUT2D eigenvalue weighted by Gasteiger charge is -2.25. The molecule has 1 aromatic rings. The van der Waals surface area contributed by atoms with Crippen LogP contribution in [0, 0.1) is 11.8 Å². The van der Waals surface area contributed by atoms with E-state index in [1.807, 2.05) is 0 Å². The Bertz CT molecular complexity index is 338. The minimum atomic E-state index is 0.327. The number of hydrogen-bond donors (Lipinski definition) is 1. The molecule has 2 fully saturated rings. The van der Waals surface area contributed by atoms with E-state index >= 15 is 0 Å². The van der Waals surface area contributed by atoms with Crippen molar-refractivity contribution in [3.63, 3.8) is 0 Å². The Morgan fingerprint density at radius 1 is 1.27 bits per heavy atom. The van der Waals surface area contributed by atoms with E-state index in [0.29, 0.717) is 12.6 Å². The zero-order chi connectivity index (χ0) is 10.3. The highest BCUT2D eigenvalue weighted by Crippen LogP contribution is 2.49. The highest BCUT2D eigenvalue weighted by molar-refractivity contribution is 5.16. The van der Waals surface area contributed by atoms with Crippen LogP contribution in [0.3, 0.4) is 0 Å². The number of fused-ring (bicyclic) bond motifs is 1. The van der Waals surface area contributed by atoms with Crippen LogP contribution in [0.25, 0.3) is 0 Å². The Balaban J connectivity index is 1.69. The summed E-state index contributed by atoms with van der Waals surface area (Å²) in [6.45, 7) is 2.51. The number of likely N-dealkylation sites (tertiary alicyclic amines) is 1. The van der Waals surface area contributed by atoms with Gasteiger partial charge in [0.25, 0.3) is 0 Å². The maximum absolute atomic E-state index is 9.37. The number of nitrogens with zero attached hydrogens (tertiary/aromatic N) is 1. The molecular formula is C13H17NO. The van der Waals surface area contributed by atoms with E-state index in [9.17, 15) is 5.11 Å². The predicted octanol–water partition coefficient (Wildman–Crippen LogP) is 1.50. The fraction of sp³-hybridized carbons (Fsp3) is 0.538. The minimum Gasteiger partial charge on any atom is -0.395 e. The molecule has 1 aliphatic heterocycles. The zero-order valence-electron chi connectivity index (χ0n) is 8.84. The van der Waals surface area contributed by atoms with E-state index in [1.54, 1.807) is 0 Å². The molecule has 3 atom stereocenters. The zero-order valence-corrected chi connectivity index (χ0v) is 8.84. The SMILES string of the molecule is OCC1[C@H]2C[C@H]2CN1Cc1ccccc1. The van der Waals surface area contributed by atoms with Gasteiger partial charge in [-0.1, -0.05) is 30.3 Å². The maximum atomic E-state index is 9.37. The summed E-state index contributed by atoms with van der Waals surface area (Å²) in [6.07, 6.45) is 1.34. The normalized spacial score (nSPS) is 34.1. The number of benzene rings is 1. The molecule has 1 N–H and O–H groups in total. The van der Waals surface area contributed by atoms with Crippen LogP contribution in [0.5, 0.6) is 0 Å². The van der Waals surface area contributed by atoms with Gasteiger partial charge >= 0.3 is 0 Å². The molecule has 2 aliphatic rings. The van der Waals surface area contributed by atoms with Gasteiger partial charge in [0, 0.05) is 19.1 Å². The fourth-order valence-electron chi connectivity index (χ4n) is 2.91. The van der Waals surface area contributed by atoms with Crippen molar-refractivity contribution in [2.24, 2.45) is 11.8 Å². The molecule has 1 saturated heterocycles. The Kier molecular flexibility index (Phi) is 2.26. The van der Waals surface area contributed by atoms with Gasteiger partial charge in [-0.05, 0) is 23.8 Å². The van der Waals surface area contributed by atoms with E-state index in [0.717, 1.165) is 18.4 Å². The molecule has 15 heavy (non-hydrogen) atoms. The smallest absolute Gasteiger partial charge is 0.0589 e.